The first-order valence-electron chi connectivity index (χ1n) is 8.21. The van der Waals surface area contributed by atoms with Gasteiger partial charge in [-0.25, -0.2) is 0 Å². The maximum absolute atomic E-state index is 9.65. The number of hydrogen-bond acceptors (Lipinski definition) is 2. The molecule has 0 saturated heterocycles. The van der Waals surface area contributed by atoms with Crippen LogP contribution in [0.25, 0.3) is 11.6 Å². The molecule has 0 saturated carbocycles. The molecule has 0 spiro atoms. The molecule has 2 nitrogen and oxygen atoms in total. The Labute approximate surface area is 190 Å². The molecule has 0 fully saturated rings. The van der Waals surface area contributed by atoms with Crippen molar-refractivity contribution in [3.63, 3.8) is 0 Å². The summed E-state index contributed by atoms with van der Waals surface area (Å²) in [6.07, 6.45) is 1.79. The summed E-state index contributed by atoms with van der Waals surface area (Å²) in [5.41, 5.74) is 2.93. The van der Waals surface area contributed by atoms with E-state index in [1.54, 1.807) is 18.2 Å². The van der Waals surface area contributed by atoms with Crippen molar-refractivity contribution in [1.82, 2.24) is 0 Å². The summed E-state index contributed by atoms with van der Waals surface area (Å²) in [5.74, 6) is 0.629. The molecule has 0 aliphatic heterocycles. The quantitative estimate of drug-likeness (QED) is 0.243. The van der Waals surface area contributed by atoms with Crippen LogP contribution < -0.4 is 4.74 Å². The number of nitrogens with zero attached hydrogens (tertiary/aromatic N) is 1. The maximum atomic E-state index is 9.65. The number of allylic oxidation sites excluding steroid dienone is 1. The SMILES string of the molecule is N#C/C(=C\c1cc(Br)cc(Br)c1OCc1ccccc1Cl)c1ccc(Cl)cc1. The van der Waals surface area contributed by atoms with E-state index in [0.717, 1.165) is 25.6 Å². The highest BCUT2D eigenvalue weighted by Crippen LogP contribution is 2.36. The number of hydrogen-bond donors (Lipinski definition) is 0. The molecular formula is C22H13Br2Cl2NO. The summed E-state index contributed by atoms with van der Waals surface area (Å²) in [6.45, 7) is 0.309. The molecule has 6 heteroatoms. The van der Waals surface area contributed by atoms with Gasteiger partial charge in [0.2, 0.25) is 0 Å². The predicted octanol–water partition coefficient (Wildman–Crippen LogP) is 8.16. The molecular weight excluding hydrogens is 525 g/mol. The summed E-state index contributed by atoms with van der Waals surface area (Å²) in [7, 11) is 0. The van der Waals surface area contributed by atoms with Gasteiger partial charge in [-0.2, -0.15) is 5.26 Å². The molecule has 3 rings (SSSR count). The molecule has 0 amide bonds. The maximum Gasteiger partial charge on any atom is 0.141 e. The lowest BCUT2D eigenvalue weighted by molar-refractivity contribution is 0.303. The Morgan fingerprint density at radius 3 is 2.43 bits per heavy atom. The van der Waals surface area contributed by atoms with E-state index >= 15 is 0 Å². The minimum absolute atomic E-state index is 0.309. The second-order valence-electron chi connectivity index (χ2n) is 5.86. The lowest BCUT2D eigenvalue weighted by Crippen LogP contribution is -1.99. The Morgan fingerprint density at radius 2 is 1.75 bits per heavy atom. The lowest BCUT2D eigenvalue weighted by Gasteiger charge is -2.13. The van der Waals surface area contributed by atoms with Crippen molar-refractivity contribution < 1.29 is 4.74 Å². The van der Waals surface area contributed by atoms with Gasteiger partial charge in [0, 0.05) is 25.6 Å². The normalized spacial score (nSPS) is 11.2. The van der Waals surface area contributed by atoms with Crippen LogP contribution in [-0.2, 0) is 6.61 Å². The van der Waals surface area contributed by atoms with E-state index in [9.17, 15) is 5.26 Å². The highest BCUT2D eigenvalue weighted by atomic mass is 79.9. The van der Waals surface area contributed by atoms with Gasteiger partial charge in [-0.3, -0.25) is 0 Å². The zero-order valence-corrected chi connectivity index (χ0v) is 19.1. The molecule has 0 atom stereocenters. The summed E-state index contributed by atoms with van der Waals surface area (Å²) < 4.78 is 7.70. The molecule has 0 aliphatic rings. The van der Waals surface area contributed by atoms with Crippen LogP contribution in [0.2, 0.25) is 10.0 Å². The fourth-order valence-corrected chi connectivity index (χ4v) is 4.26. The van der Waals surface area contributed by atoms with E-state index in [1.807, 2.05) is 48.5 Å². The van der Waals surface area contributed by atoms with Crippen molar-refractivity contribution >= 4 is 66.7 Å². The Morgan fingerprint density at radius 1 is 1.04 bits per heavy atom. The van der Waals surface area contributed by atoms with Crippen molar-refractivity contribution in [2.45, 2.75) is 6.61 Å². The molecule has 0 radical (unpaired) electrons. The Bertz CT molecular complexity index is 1070. The molecule has 28 heavy (non-hydrogen) atoms. The Balaban J connectivity index is 1.99. The topological polar surface area (TPSA) is 33.0 Å². The van der Waals surface area contributed by atoms with Crippen molar-refractivity contribution in [3.8, 4) is 11.8 Å². The van der Waals surface area contributed by atoms with E-state index in [2.05, 4.69) is 37.9 Å². The molecule has 0 aliphatic carbocycles. The third-order valence-electron chi connectivity index (χ3n) is 3.94. The van der Waals surface area contributed by atoms with Crippen LogP contribution >= 0.6 is 55.1 Å². The van der Waals surface area contributed by atoms with Crippen LogP contribution in [0.1, 0.15) is 16.7 Å². The first kappa shape index (κ1) is 21.0. The van der Waals surface area contributed by atoms with Crippen molar-refractivity contribution in [3.05, 3.63) is 96.3 Å². The van der Waals surface area contributed by atoms with Crippen molar-refractivity contribution in [1.29, 1.82) is 5.26 Å². The first-order valence-corrected chi connectivity index (χ1v) is 10.5. The monoisotopic (exact) mass is 535 g/mol. The highest BCUT2D eigenvalue weighted by molar-refractivity contribution is 9.11. The van der Waals surface area contributed by atoms with Crippen molar-refractivity contribution in [2.75, 3.05) is 0 Å². The van der Waals surface area contributed by atoms with Gasteiger partial charge in [-0.05, 0) is 57.9 Å². The van der Waals surface area contributed by atoms with Crippen LogP contribution in [-0.4, -0.2) is 0 Å². The predicted molar refractivity (Wildman–Crippen MR) is 123 cm³/mol. The van der Waals surface area contributed by atoms with Gasteiger partial charge in [0.25, 0.3) is 0 Å². The third kappa shape index (κ3) is 5.18. The van der Waals surface area contributed by atoms with E-state index in [-0.39, 0.29) is 0 Å². The molecule has 0 N–H and O–H groups in total. The minimum Gasteiger partial charge on any atom is -0.487 e. The van der Waals surface area contributed by atoms with Gasteiger partial charge in [0.15, 0.2) is 0 Å². The molecule has 0 heterocycles. The van der Waals surface area contributed by atoms with Crippen LogP contribution in [0.3, 0.4) is 0 Å². The second kappa shape index (κ2) is 9.62. The first-order chi connectivity index (χ1) is 13.5. The average Bonchev–Trinajstić information content (AvgIpc) is 2.67. The molecule has 140 valence electrons. The van der Waals surface area contributed by atoms with Gasteiger partial charge in [-0.15, -0.1) is 0 Å². The van der Waals surface area contributed by atoms with E-state index < -0.39 is 0 Å². The van der Waals surface area contributed by atoms with Crippen LogP contribution in [0.4, 0.5) is 0 Å². The zero-order chi connectivity index (χ0) is 20.1. The van der Waals surface area contributed by atoms with E-state index in [0.29, 0.717) is 28.0 Å². The summed E-state index contributed by atoms with van der Waals surface area (Å²) >= 11 is 19.2. The highest BCUT2D eigenvalue weighted by Gasteiger charge is 2.12. The van der Waals surface area contributed by atoms with Gasteiger partial charge >= 0.3 is 0 Å². The molecule has 3 aromatic rings. The number of nitriles is 1. The summed E-state index contributed by atoms with van der Waals surface area (Å²) in [6, 6.07) is 20.7. The second-order valence-corrected chi connectivity index (χ2v) is 8.48. The Kier molecular flexibility index (Phi) is 7.20. The molecule has 0 bridgehead atoms. The third-order valence-corrected chi connectivity index (χ3v) is 5.61. The van der Waals surface area contributed by atoms with E-state index in [1.165, 1.54) is 0 Å². The molecule has 3 aromatic carbocycles. The number of halogens is 4. The zero-order valence-electron chi connectivity index (χ0n) is 14.4. The standard InChI is InChI=1S/C22H13Br2Cl2NO/c23-18-10-16(9-17(12-27)14-5-7-19(25)8-6-14)22(20(24)11-18)28-13-15-3-1-2-4-21(15)26/h1-11H,13H2/b17-9+. The van der Waals surface area contributed by atoms with Crippen LogP contribution in [0.5, 0.6) is 5.75 Å². The van der Waals surface area contributed by atoms with Gasteiger partial charge in [-0.1, -0.05) is 69.5 Å². The van der Waals surface area contributed by atoms with Crippen molar-refractivity contribution in [2.24, 2.45) is 0 Å². The van der Waals surface area contributed by atoms with Gasteiger partial charge < -0.3 is 4.74 Å². The summed E-state index contributed by atoms with van der Waals surface area (Å²) in [4.78, 5) is 0. The van der Waals surface area contributed by atoms with Crippen LogP contribution in [0, 0.1) is 11.3 Å². The molecule has 0 unspecified atom stereocenters. The number of ether oxygens (including phenoxy) is 1. The van der Waals surface area contributed by atoms with Crippen LogP contribution in [0.15, 0.2) is 69.6 Å². The minimum atomic E-state index is 0.309. The smallest absolute Gasteiger partial charge is 0.141 e. The lowest BCUT2D eigenvalue weighted by atomic mass is 10.0. The fourth-order valence-electron chi connectivity index (χ4n) is 2.57. The van der Waals surface area contributed by atoms with Gasteiger partial charge in [0.05, 0.1) is 16.1 Å². The van der Waals surface area contributed by atoms with E-state index in [4.69, 9.17) is 27.9 Å². The van der Waals surface area contributed by atoms with Gasteiger partial charge in [0.1, 0.15) is 12.4 Å². The summed E-state index contributed by atoms with van der Waals surface area (Å²) in [5, 5.41) is 10.9. The molecule has 0 aromatic heterocycles. The number of rotatable bonds is 5. The average molecular weight is 538 g/mol. The Hall–Kier alpha value is -1.77. The largest absolute Gasteiger partial charge is 0.487 e. The number of benzene rings is 3. The fraction of sp³-hybridized carbons (Fsp3) is 0.0455.